The molecule has 1 heterocycles. The van der Waals surface area contributed by atoms with E-state index >= 15 is 0 Å². The summed E-state index contributed by atoms with van der Waals surface area (Å²) < 4.78 is 39.0. The summed E-state index contributed by atoms with van der Waals surface area (Å²) in [7, 11) is -3.23. The van der Waals surface area contributed by atoms with Crippen LogP contribution in [0.2, 0.25) is 0 Å². The smallest absolute Gasteiger partial charge is 0.309 e. The quantitative estimate of drug-likeness (QED) is 0.672. The van der Waals surface area contributed by atoms with Gasteiger partial charge in [0.2, 0.25) is 10.0 Å². The lowest BCUT2D eigenvalue weighted by atomic mass is 10.1. The highest BCUT2D eigenvalue weighted by molar-refractivity contribution is 9.10. The molecule has 0 radical (unpaired) electrons. The molecule has 1 fully saturated rings. The minimum absolute atomic E-state index is 0.0342. The number of benzene rings is 1. The van der Waals surface area contributed by atoms with Crippen LogP contribution < -0.4 is 10.6 Å². The lowest BCUT2D eigenvalue weighted by Crippen LogP contribution is -2.43. The molecular weight excluding hydrogens is 417 g/mol. The summed E-state index contributed by atoms with van der Waals surface area (Å²) in [5.41, 5.74) is 0.257. The number of nitrogens with one attached hydrogen (secondary N) is 2. The van der Waals surface area contributed by atoms with Crippen molar-refractivity contribution in [2.24, 2.45) is 0 Å². The first-order valence-corrected chi connectivity index (χ1v) is 10.1. The minimum Gasteiger partial charge on any atom is -0.347 e. The zero-order chi connectivity index (χ0) is 18.6. The highest BCUT2D eigenvalue weighted by atomic mass is 79.9. The molecule has 1 unspecified atom stereocenters. The molecule has 1 saturated heterocycles. The fraction of sp³-hybridized carbons (Fsp3) is 0.467. The van der Waals surface area contributed by atoms with Crippen LogP contribution in [-0.2, 0) is 19.6 Å². The van der Waals surface area contributed by atoms with Crippen LogP contribution in [0.25, 0.3) is 0 Å². The van der Waals surface area contributed by atoms with Crippen LogP contribution >= 0.6 is 15.9 Å². The highest BCUT2D eigenvalue weighted by Crippen LogP contribution is 2.20. The second kappa shape index (κ2) is 8.24. The summed E-state index contributed by atoms with van der Waals surface area (Å²) in [5, 5.41) is 4.78. The van der Waals surface area contributed by atoms with Gasteiger partial charge in [0, 0.05) is 29.7 Å². The third-order valence-corrected chi connectivity index (χ3v) is 6.28. The summed E-state index contributed by atoms with van der Waals surface area (Å²) in [4.78, 5) is 23.7. The molecule has 25 heavy (non-hydrogen) atoms. The second-order valence-electron chi connectivity index (χ2n) is 5.69. The Kier molecular flexibility index (Phi) is 6.53. The van der Waals surface area contributed by atoms with Crippen molar-refractivity contribution in [3.8, 4) is 0 Å². The van der Waals surface area contributed by atoms with Crippen molar-refractivity contribution in [2.75, 3.05) is 25.4 Å². The Morgan fingerprint density at radius 2 is 2.08 bits per heavy atom. The summed E-state index contributed by atoms with van der Waals surface area (Å²) in [5.74, 6) is -2.18. The number of halogens is 2. The van der Waals surface area contributed by atoms with Gasteiger partial charge in [0.1, 0.15) is 5.82 Å². The molecule has 1 aliphatic heterocycles. The summed E-state index contributed by atoms with van der Waals surface area (Å²) >= 11 is 3.15. The first kappa shape index (κ1) is 19.8. The van der Waals surface area contributed by atoms with Crippen LogP contribution in [-0.4, -0.2) is 49.9 Å². The monoisotopic (exact) mass is 435 g/mol. The van der Waals surface area contributed by atoms with Crippen LogP contribution in [0.4, 0.5) is 4.39 Å². The van der Waals surface area contributed by atoms with Crippen molar-refractivity contribution in [1.82, 2.24) is 14.9 Å². The van der Waals surface area contributed by atoms with E-state index in [-0.39, 0.29) is 24.4 Å². The van der Waals surface area contributed by atoms with Crippen molar-refractivity contribution in [3.05, 3.63) is 34.1 Å². The lowest BCUT2D eigenvalue weighted by Gasteiger charge is -2.16. The summed E-state index contributed by atoms with van der Waals surface area (Å²) in [6.45, 7) is 2.14. The van der Waals surface area contributed by atoms with Crippen LogP contribution in [0.1, 0.15) is 24.9 Å². The Morgan fingerprint density at radius 1 is 1.36 bits per heavy atom. The van der Waals surface area contributed by atoms with E-state index in [2.05, 4.69) is 26.6 Å². The number of hydrogen-bond donors (Lipinski definition) is 2. The fourth-order valence-corrected chi connectivity index (χ4v) is 4.37. The molecule has 1 atom stereocenters. The molecular formula is C15H19BrFN3O4S. The topological polar surface area (TPSA) is 95.6 Å². The number of amides is 2. The molecule has 0 aliphatic carbocycles. The van der Waals surface area contributed by atoms with E-state index in [1.807, 2.05) is 0 Å². The zero-order valence-electron chi connectivity index (χ0n) is 13.6. The van der Waals surface area contributed by atoms with Gasteiger partial charge >= 0.3 is 11.8 Å². The van der Waals surface area contributed by atoms with Crippen LogP contribution in [0.15, 0.2) is 22.7 Å². The van der Waals surface area contributed by atoms with Crippen molar-refractivity contribution in [1.29, 1.82) is 0 Å². The predicted octanol–water partition coefficient (Wildman–Crippen LogP) is 0.917. The summed E-state index contributed by atoms with van der Waals surface area (Å²) in [6, 6.07) is 3.73. The van der Waals surface area contributed by atoms with Gasteiger partial charge in [-0.25, -0.2) is 17.1 Å². The van der Waals surface area contributed by atoms with Crippen molar-refractivity contribution < 1.29 is 22.4 Å². The maximum atomic E-state index is 13.9. The summed E-state index contributed by atoms with van der Waals surface area (Å²) in [6.07, 6.45) is 0.563. The maximum absolute atomic E-state index is 13.9. The largest absolute Gasteiger partial charge is 0.347 e. The first-order chi connectivity index (χ1) is 11.7. The van der Waals surface area contributed by atoms with Crippen LogP contribution in [0, 0.1) is 5.82 Å². The number of carbonyl (C=O) groups is 2. The minimum atomic E-state index is -3.23. The SMILES string of the molecule is CC(NC(=O)C(=O)NCCN1CCCS1(=O)=O)c1ccc(Br)cc1F. The molecule has 7 nitrogen and oxygen atoms in total. The van der Waals surface area contributed by atoms with Crippen molar-refractivity contribution in [2.45, 2.75) is 19.4 Å². The van der Waals surface area contributed by atoms with E-state index < -0.39 is 33.7 Å². The van der Waals surface area contributed by atoms with Crippen molar-refractivity contribution in [3.63, 3.8) is 0 Å². The second-order valence-corrected chi connectivity index (χ2v) is 8.69. The van der Waals surface area contributed by atoms with Gasteiger partial charge in [-0.15, -0.1) is 0 Å². The van der Waals surface area contributed by atoms with E-state index in [4.69, 9.17) is 0 Å². The average Bonchev–Trinajstić information content (AvgIpc) is 2.85. The molecule has 0 saturated carbocycles. The number of hydrogen-bond acceptors (Lipinski definition) is 4. The predicted molar refractivity (Wildman–Crippen MR) is 93.6 cm³/mol. The van der Waals surface area contributed by atoms with Gasteiger partial charge in [0.15, 0.2) is 0 Å². The van der Waals surface area contributed by atoms with E-state index in [0.29, 0.717) is 17.4 Å². The van der Waals surface area contributed by atoms with Gasteiger partial charge in [-0.05, 0) is 25.5 Å². The van der Waals surface area contributed by atoms with Gasteiger partial charge in [0.05, 0.1) is 11.8 Å². The molecule has 1 aromatic carbocycles. The molecule has 0 spiro atoms. The molecule has 2 rings (SSSR count). The Hall–Kier alpha value is -1.52. The van der Waals surface area contributed by atoms with Gasteiger partial charge in [0.25, 0.3) is 0 Å². The van der Waals surface area contributed by atoms with Gasteiger partial charge in [-0.1, -0.05) is 22.0 Å². The standard InChI is InChI=1S/C15H19BrFN3O4S/c1-10(12-4-3-11(16)9-13(12)17)19-15(22)14(21)18-5-7-20-6-2-8-25(20,23)24/h3-4,9-10H,2,5-8H2,1H3,(H,18,21)(H,19,22). The van der Waals surface area contributed by atoms with Gasteiger partial charge in [-0.3, -0.25) is 9.59 Å². The number of rotatable bonds is 5. The Labute approximate surface area is 154 Å². The molecule has 1 aromatic rings. The first-order valence-electron chi connectivity index (χ1n) is 7.72. The fourth-order valence-electron chi connectivity index (χ4n) is 2.51. The van der Waals surface area contributed by atoms with Crippen molar-refractivity contribution >= 4 is 37.8 Å². The van der Waals surface area contributed by atoms with Crippen LogP contribution in [0.5, 0.6) is 0 Å². The molecule has 10 heteroatoms. The third-order valence-electron chi connectivity index (χ3n) is 3.83. The lowest BCUT2D eigenvalue weighted by molar-refractivity contribution is -0.139. The Bertz CT molecular complexity index is 772. The van der Waals surface area contributed by atoms with E-state index in [0.717, 1.165) is 0 Å². The van der Waals surface area contributed by atoms with E-state index in [1.165, 1.54) is 16.4 Å². The normalized spacial score (nSPS) is 17.9. The molecule has 0 aromatic heterocycles. The molecule has 138 valence electrons. The Balaban J connectivity index is 1.82. The maximum Gasteiger partial charge on any atom is 0.309 e. The van der Waals surface area contributed by atoms with Gasteiger partial charge < -0.3 is 10.6 Å². The number of carbonyl (C=O) groups excluding carboxylic acids is 2. The average molecular weight is 436 g/mol. The number of nitrogens with zero attached hydrogens (tertiary/aromatic N) is 1. The molecule has 1 aliphatic rings. The van der Waals surface area contributed by atoms with Crippen LogP contribution in [0.3, 0.4) is 0 Å². The third kappa shape index (κ3) is 5.23. The molecule has 2 amide bonds. The molecule has 0 bridgehead atoms. The molecule has 2 N–H and O–H groups in total. The zero-order valence-corrected chi connectivity index (χ0v) is 16.0. The van der Waals surface area contributed by atoms with E-state index in [1.54, 1.807) is 13.0 Å². The Morgan fingerprint density at radius 3 is 2.68 bits per heavy atom. The van der Waals surface area contributed by atoms with Gasteiger partial charge in [-0.2, -0.15) is 0 Å². The van der Waals surface area contributed by atoms with E-state index in [9.17, 15) is 22.4 Å². The number of sulfonamides is 1. The highest BCUT2D eigenvalue weighted by Gasteiger charge is 2.28.